The van der Waals surface area contributed by atoms with Gasteiger partial charge in [-0.15, -0.1) is 0 Å². The lowest BCUT2D eigenvalue weighted by molar-refractivity contribution is -0.384. The van der Waals surface area contributed by atoms with E-state index in [0.717, 1.165) is 5.56 Å². The number of carbonyl (C=O) groups is 2. The number of carboxylic acid groups (broad SMARTS) is 1. The van der Waals surface area contributed by atoms with E-state index in [4.69, 9.17) is 5.11 Å². The average molecular weight is 326 g/mol. The maximum Gasteiger partial charge on any atom is 0.316 e. The number of nitro benzene ring substituents is 1. The van der Waals surface area contributed by atoms with Crippen molar-refractivity contribution in [1.82, 2.24) is 0 Å². The van der Waals surface area contributed by atoms with Crippen molar-refractivity contribution in [3.63, 3.8) is 0 Å². The van der Waals surface area contributed by atoms with E-state index in [-0.39, 0.29) is 12.1 Å². The van der Waals surface area contributed by atoms with Gasteiger partial charge in [-0.2, -0.15) is 0 Å². The maximum absolute atomic E-state index is 11.8. The molecule has 2 N–H and O–H groups in total. The van der Waals surface area contributed by atoms with Gasteiger partial charge in [-0.1, -0.05) is 29.8 Å². The lowest BCUT2D eigenvalue weighted by Crippen LogP contribution is -2.35. The quantitative estimate of drug-likeness (QED) is 0.512. The Morgan fingerprint density at radius 1 is 1.29 bits per heavy atom. The number of amides is 1. The lowest BCUT2D eigenvalue weighted by Gasteiger charge is -2.22. The Morgan fingerprint density at radius 3 is 2.54 bits per heavy atom. The second-order valence-corrected chi connectivity index (χ2v) is 5.73. The Bertz CT molecular complexity index is 858. The van der Waals surface area contributed by atoms with Gasteiger partial charge >= 0.3 is 5.97 Å². The highest BCUT2D eigenvalue weighted by molar-refractivity contribution is 6.07. The van der Waals surface area contributed by atoms with E-state index < -0.39 is 22.7 Å². The number of rotatable bonds is 3. The SMILES string of the molecule is Cc1ccc(-c2cc3c(cc2[N+](=O)[O-])NC(=O)C(C(=O)O)C3)cc1. The van der Waals surface area contributed by atoms with Gasteiger partial charge in [-0.25, -0.2) is 0 Å². The molecule has 0 aliphatic carbocycles. The number of nitrogens with one attached hydrogen (secondary N) is 1. The molecule has 0 saturated carbocycles. The third-order valence-electron chi connectivity index (χ3n) is 4.08. The van der Waals surface area contributed by atoms with Crippen LogP contribution in [-0.2, 0) is 16.0 Å². The van der Waals surface area contributed by atoms with Crippen molar-refractivity contribution in [3.8, 4) is 11.1 Å². The minimum Gasteiger partial charge on any atom is -0.481 e. The molecule has 0 aromatic heterocycles. The van der Waals surface area contributed by atoms with Crippen molar-refractivity contribution >= 4 is 23.3 Å². The van der Waals surface area contributed by atoms with Gasteiger partial charge in [0, 0.05) is 6.07 Å². The first-order valence-corrected chi connectivity index (χ1v) is 7.29. The zero-order valence-corrected chi connectivity index (χ0v) is 12.8. The molecule has 1 aliphatic rings. The topological polar surface area (TPSA) is 110 Å². The molecule has 7 heteroatoms. The lowest BCUT2D eigenvalue weighted by atomic mass is 9.90. The van der Waals surface area contributed by atoms with Crippen LogP contribution in [0.25, 0.3) is 11.1 Å². The number of nitro groups is 1. The molecule has 1 heterocycles. The van der Waals surface area contributed by atoms with Gasteiger partial charge in [0.1, 0.15) is 5.92 Å². The number of carbonyl (C=O) groups excluding carboxylic acids is 1. The fourth-order valence-corrected chi connectivity index (χ4v) is 2.77. The van der Waals surface area contributed by atoms with Crippen LogP contribution in [0.15, 0.2) is 36.4 Å². The van der Waals surface area contributed by atoms with Gasteiger partial charge in [-0.3, -0.25) is 19.7 Å². The van der Waals surface area contributed by atoms with Crippen LogP contribution in [-0.4, -0.2) is 21.9 Å². The van der Waals surface area contributed by atoms with Crippen LogP contribution in [0.3, 0.4) is 0 Å². The third-order valence-corrected chi connectivity index (χ3v) is 4.08. The summed E-state index contributed by atoms with van der Waals surface area (Å²) in [7, 11) is 0. The van der Waals surface area contributed by atoms with Crippen LogP contribution in [0.4, 0.5) is 11.4 Å². The van der Waals surface area contributed by atoms with Crippen molar-refractivity contribution in [2.45, 2.75) is 13.3 Å². The van der Waals surface area contributed by atoms with Crippen LogP contribution in [0.2, 0.25) is 0 Å². The van der Waals surface area contributed by atoms with Crippen LogP contribution in [0, 0.1) is 23.0 Å². The number of carboxylic acids is 1. The van der Waals surface area contributed by atoms with E-state index in [1.54, 1.807) is 18.2 Å². The molecule has 3 rings (SSSR count). The van der Waals surface area contributed by atoms with E-state index >= 15 is 0 Å². The minimum absolute atomic E-state index is 0.00730. The number of hydrogen-bond acceptors (Lipinski definition) is 4. The molecule has 24 heavy (non-hydrogen) atoms. The second kappa shape index (κ2) is 5.77. The Labute approximate surface area is 137 Å². The van der Waals surface area contributed by atoms with Crippen LogP contribution in [0.1, 0.15) is 11.1 Å². The summed E-state index contributed by atoms with van der Waals surface area (Å²) in [5, 5.41) is 23.0. The number of benzene rings is 2. The van der Waals surface area contributed by atoms with Gasteiger partial charge < -0.3 is 10.4 Å². The molecular formula is C17H14N2O5. The van der Waals surface area contributed by atoms with Gasteiger partial charge in [-0.05, 0) is 30.5 Å². The highest BCUT2D eigenvalue weighted by Gasteiger charge is 2.33. The first-order chi connectivity index (χ1) is 11.4. The van der Waals surface area contributed by atoms with E-state index in [9.17, 15) is 19.7 Å². The predicted molar refractivity (Wildman–Crippen MR) is 86.7 cm³/mol. The number of aryl methyl sites for hydroxylation is 1. The average Bonchev–Trinajstić information content (AvgIpc) is 2.53. The van der Waals surface area contributed by atoms with Crippen LogP contribution in [0.5, 0.6) is 0 Å². The molecule has 1 aliphatic heterocycles. The normalized spacial score (nSPS) is 16.2. The molecule has 2 aromatic rings. The zero-order chi connectivity index (χ0) is 17.4. The predicted octanol–water partition coefficient (Wildman–Crippen LogP) is 2.77. The molecule has 0 spiro atoms. The van der Waals surface area contributed by atoms with Crippen molar-refractivity contribution in [1.29, 1.82) is 0 Å². The highest BCUT2D eigenvalue weighted by atomic mass is 16.6. The molecule has 0 bridgehead atoms. The summed E-state index contributed by atoms with van der Waals surface area (Å²) in [5.41, 5.74) is 2.82. The summed E-state index contributed by atoms with van der Waals surface area (Å²) in [6.45, 7) is 1.91. The highest BCUT2D eigenvalue weighted by Crippen LogP contribution is 2.37. The molecule has 2 aromatic carbocycles. The Morgan fingerprint density at radius 2 is 1.96 bits per heavy atom. The number of hydrogen-bond donors (Lipinski definition) is 2. The molecule has 0 radical (unpaired) electrons. The van der Waals surface area contributed by atoms with E-state index in [1.807, 2.05) is 19.1 Å². The minimum atomic E-state index is -1.21. The summed E-state index contributed by atoms with van der Waals surface area (Å²) >= 11 is 0. The second-order valence-electron chi connectivity index (χ2n) is 5.73. The number of anilines is 1. The standard InChI is InChI=1S/C17H14N2O5/c1-9-2-4-10(5-3-9)12-6-11-7-13(17(21)22)16(20)18-14(11)8-15(12)19(23)24/h2-6,8,13H,7H2,1H3,(H,18,20)(H,21,22). The Kier molecular flexibility index (Phi) is 3.76. The van der Waals surface area contributed by atoms with Crippen molar-refractivity contribution < 1.29 is 19.6 Å². The van der Waals surface area contributed by atoms with Crippen molar-refractivity contribution in [2.24, 2.45) is 5.92 Å². The van der Waals surface area contributed by atoms with Crippen LogP contribution < -0.4 is 5.32 Å². The fraction of sp³-hybridized carbons (Fsp3) is 0.176. The molecule has 1 amide bonds. The fourth-order valence-electron chi connectivity index (χ4n) is 2.77. The summed E-state index contributed by atoms with van der Waals surface area (Å²) < 4.78 is 0. The monoisotopic (exact) mass is 326 g/mol. The van der Waals surface area contributed by atoms with Gasteiger partial charge in [0.2, 0.25) is 5.91 Å². The maximum atomic E-state index is 11.8. The van der Waals surface area contributed by atoms with Crippen molar-refractivity contribution in [3.05, 3.63) is 57.6 Å². The van der Waals surface area contributed by atoms with Crippen LogP contribution >= 0.6 is 0 Å². The summed E-state index contributed by atoms with van der Waals surface area (Å²) in [5.74, 6) is -3.06. The van der Waals surface area contributed by atoms with Crippen molar-refractivity contribution in [2.75, 3.05) is 5.32 Å². The number of nitrogens with zero attached hydrogens (tertiary/aromatic N) is 1. The molecule has 0 fully saturated rings. The molecule has 0 saturated heterocycles. The first kappa shape index (κ1) is 15.7. The molecule has 122 valence electrons. The molecule has 1 atom stereocenters. The third kappa shape index (κ3) is 2.71. The summed E-state index contributed by atoms with van der Waals surface area (Å²) in [4.78, 5) is 33.9. The summed E-state index contributed by atoms with van der Waals surface area (Å²) in [6, 6.07) is 10.1. The van der Waals surface area contributed by atoms with E-state index in [2.05, 4.69) is 5.32 Å². The largest absolute Gasteiger partial charge is 0.481 e. The van der Waals surface area contributed by atoms with Gasteiger partial charge in [0.05, 0.1) is 16.2 Å². The Hall–Kier alpha value is -3.22. The Balaban J connectivity index is 2.15. The first-order valence-electron chi connectivity index (χ1n) is 7.29. The zero-order valence-electron chi connectivity index (χ0n) is 12.8. The van der Waals surface area contributed by atoms with Gasteiger partial charge in [0.15, 0.2) is 0 Å². The van der Waals surface area contributed by atoms with Gasteiger partial charge in [0.25, 0.3) is 5.69 Å². The smallest absolute Gasteiger partial charge is 0.316 e. The number of aliphatic carboxylic acids is 1. The van der Waals surface area contributed by atoms with E-state index in [1.165, 1.54) is 6.07 Å². The summed E-state index contributed by atoms with van der Waals surface area (Å²) in [6.07, 6.45) is 0.00730. The van der Waals surface area contributed by atoms with E-state index in [0.29, 0.717) is 22.4 Å². The molecule has 7 nitrogen and oxygen atoms in total. The molecule has 1 unspecified atom stereocenters. The molecular weight excluding hydrogens is 312 g/mol. The number of fused-ring (bicyclic) bond motifs is 1.